The first-order valence-electron chi connectivity index (χ1n) is 5.75. The van der Waals surface area contributed by atoms with Gasteiger partial charge >= 0.3 is 0 Å². The number of anilines is 1. The number of rotatable bonds is 1. The van der Waals surface area contributed by atoms with Crippen LogP contribution in [0.25, 0.3) is 0 Å². The smallest absolute Gasteiger partial charge is 0.178 e. The van der Waals surface area contributed by atoms with E-state index in [0.717, 1.165) is 11.4 Å². The highest BCUT2D eigenvalue weighted by Crippen LogP contribution is 2.28. The predicted octanol–water partition coefficient (Wildman–Crippen LogP) is 2.94. The Morgan fingerprint density at radius 2 is 2.00 bits per heavy atom. The van der Waals surface area contributed by atoms with E-state index in [1.807, 2.05) is 30.0 Å². The molecule has 92 valence electrons. The van der Waals surface area contributed by atoms with E-state index in [0.29, 0.717) is 10.7 Å². The number of para-hydroxylation sites is 1. The fraction of sp³-hybridized carbons (Fsp3) is 0.286. The fourth-order valence-corrected chi connectivity index (χ4v) is 2.68. The molecule has 0 saturated heterocycles. The molecular formula is C14H15N3S. The van der Waals surface area contributed by atoms with Crippen molar-refractivity contribution in [1.82, 2.24) is 5.32 Å². The molecule has 0 spiro atoms. The van der Waals surface area contributed by atoms with E-state index in [2.05, 4.69) is 31.3 Å². The summed E-state index contributed by atoms with van der Waals surface area (Å²) in [5, 5.41) is 13.0. The number of allylic oxidation sites excluding steroid dienone is 1. The Morgan fingerprint density at radius 1 is 1.33 bits per heavy atom. The van der Waals surface area contributed by atoms with Crippen LogP contribution in [0.2, 0.25) is 0 Å². The summed E-state index contributed by atoms with van der Waals surface area (Å²) < 4.78 is 0. The summed E-state index contributed by atoms with van der Waals surface area (Å²) >= 11 is 5.41. The lowest BCUT2D eigenvalue weighted by Gasteiger charge is -2.38. The molecule has 2 rings (SSSR count). The molecule has 0 aromatic heterocycles. The van der Waals surface area contributed by atoms with Gasteiger partial charge in [0.1, 0.15) is 6.07 Å². The van der Waals surface area contributed by atoms with Gasteiger partial charge in [0.05, 0.1) is 16.8 Å². The Bertz CT molecular complexity index is 567. The lowest BCUT2D eigenvalue weighted by atomic mass is 10.0. The third-order valence-corrected chi connectivity index (χ3v) is 3.10. The number of nitrogens with zero attached hydrogens (tertiary/aromatic N) is 2. The van der Waals surface area contributed by atoms with Gasteiger partial charge in [-0.2, -0.15) is 5.26 Å². The van der Waals surface area contributed by atoms with Crippen LogP contribution in [0.5, 0.6) is 0 Å². The van der Waals surface area contributed by atoms with E-state index < -0.39 is 0 Å². The molecule has 3 nitrogen and oxygen atoms in total. The van der Waals surface area contributed by atoms with Crippen LogP contribution in [0.1, 0.15) is 26.3 Å². The maximum atomic E-state index is 9.16. The minimum absolute atomic E-state index is 0.154. The van der Waals surface area contributed by atoms with Gasteiger partial charge in [-0.25, -0.2) is 0 Å². The number of thiocarbonyl (C=S) groups is 1. The van der Waals surface area contributed by atoms with Gasteiger partial charge in [0.25, 0.3) is 0 Å². The summed E-state index contributed by atoms with van der Waals surface area (Å²) in [7, 11) is 0. The van der Waals surface area contributed by atoms with Crippen LogP contribution in [0.3, 0.4) is 0 Å². The lowest BCUT2D eigenvalue weighted by molar-refractivity contribution is 0.560. The summed E-state index contributed by atoms with van der Waals surface area (Å²) in [6.45, 7) is 6.13. The van der Waals surface area contributed by atoms with Crippen LogP contribution in [-0.2, 0) is 0 Å². The van der Waals surface area contributed by atoms with Crippen molar-refractivity contribution < 1.29 is 0 Å². The van der Waals surface area contributed by atoms with Crippen molar-refractivity contribution in [2.45, 2.75) is 26.3 Å². The Hall–Kier alpha value is -1.86. The molecule has 0 saturated carbocycles. The highest BCUT2D eigenvalue weighted by Gasteiger charge is 2.28. The quantitative estimate of drug-likeness (QED) is 0.785. The number of hydrogen-bond donors (Lipinski definition) is 1. The van der Waals surface area contributed by atoms with Gasteiger partial charge in [-0.15, -0.1) is 0 Å². The molecule has 0 fully saturated rings. The Labute approximate surface area is 113 Å². The van der Waals surface area contributed by atoms with Gasteiger partial charge < -0.3 is 5.32 Å². The minimum atomic E-state index is -0.154. The molecule has 0 unspecified atom stereocenters. The predicted molar refractivity (Wildman–Crippen MR) is 77.2 cm³/mol. The molecule has 1 aliphatic rings. The standard InChI is InChI=1S/C14H15N3S/c1-10-8-14(2,3)16-13(18)17(10)12-7-5-4-6-11(12)9-15/h4-8H,1-3H3,(H,16,18). The van der Waals surface area contributed by atoms with E-state index in [9.17, 15) is 0 Å². The zero-order valence-corrected chi connectivity index (χ0v) is 11.5. The van der Waals surface area contributed by atoms with E-state index in [-0.39, 0.29) is 5.54 Å². The summed E-state index contributed by atoms with van der Waals surface area (Å²) in [5.41, 5.74) is 2.32. The molecular weight excluding hydrogens is 242 g/mol. The fourth-order valence-electron chi connectivity index (χ4n) is 2.18. The molecule has 1 heterocycles. The lowest BCUT2D eigenvalue weighted by Crippen LogP contribution is -2.53. The van der Waals surface area contributed by atoms with E-state index in [1.54, 1.807) is 6.07 Å². The molecule has 0 bridgehead atoms. The number of nitriles is 1. The molecule has 1 N–H and O–H groups in total. The van der Waals surface area contributed by atoms with Crippen LogP contribution < -0.4 is 10.2 Å². The van der Waals surface area contributed by atoms with Crippen molar-refractivity contribution >= 4 is 23.0 Å². The van der Waals surface area contributed by atoms with Crippen LogP contribution in [0, 0.1) is 11.3 Å². The van der Waals surface area contributed by atoms with Gasteiger partial charge in [-0.1, -0.05) is 12.1 Å². The first-order valence-corrected chi connectivity index (χ1v) is 6.16. The second-order valence-corrected chi connectivity index (χ2v) is 5.29. The molecule has 0 radical (unpaired) electrons. The Morgan fingerprint density at radius 3 is 2.61 bits per heavy atom. The summed E-state index contributed by atoms with van der Waals surface area (Å²) in [4.78, 5) is 1.90. The molecule has 4 heteroatoms. The van der Waals surface area contributed by atoms with Crippen molar-refractivity contribution in [3.8, 4) is 6.07 Å². The second-order valence-electron chi connectivity index (χ2n) is 4.90. The van der Waals surface area contributed by atoms with E-state index >= 15 is 0 Å². The van der Waals surface area contributed by atoms with Crippen LogP contribution in [0.15, 0.2) is 36.0 Å². The highest BCUT2D eigenvalue weighted by atomic mass is 32.1. The van der Waals surface area contributed by atoms with Crippen molar-refractivity contribution in [1.29, 1.82) is 5.26 Å². The average Bonchev–Trinajstić information content (AvgIpc) is 2.27. The zero-order chi connectivity index (χ0) is 13.3. The van der Waals surface area contributed by atoms with Crippen LogP contribution >= 0.6 is 12.2 Å². The average molecular weight is 257 g/mol. The largest absolute Gasteiger partial charge is 0.354 e. The summed E-state index contributed by atoms with van der Waals surface area (Å²) in [6.07, 6.45) is 2.11. The van der Waals surface area contributed by atoms with Gasteiger partial charge in [0.2, 0.25) is 0 Å². The van der Waals surface area contributed by atoms with Crippen molar-refractivity contribution in [3.05, 3.63) is 41.6 Å². The van der Waals surface area contributed by atoms with Gasteiger partial charge in [-0.3, -0.25) is 4.90 Å². The van der Waals surface area contributed by atoms with Crippen molar-refractivity contribution in [2.24, 2.45) is 0 Å². The molecule has 1 aliphatic heterocycles. The number of nitrogens with one attached hydrogen (secondary N) is 1. The number of benzene rings is 1. The third-order valence-electron chi connectivity index (χ3n) is 2.82. The SMILES string of the molecule is CC1=CC(C)(C)NC(=S)N1c1ccccc1C#N. The van der Waals surface area contributed by atoms with Gasteiger partial charge in [0, 0.05) is 5.70 Å². The second kappa shape index (κ2) is 4.43. The monoisotopic (exact) mass is 257 g/mol. The van der Waals surface area contributed by atoms with E-state index in [4.69, 9.17) is 17.5 Å². The molecule has 18 heavy (non-hydrogen) atoms. The van der Waals surface area contributed by atoms with E-state index in [1.165, 1.54) is 0 Å². The first kappa shape index (κ1) is 12.6. The van der Waals surface area contributed by atoms with Crippen LogP contribution in [0.4, 0.5) is 5.69 Å². The number of hydrogen-bond acceptors (Lipinski definition) is 2. The topological polar surface area (TPSA) is 39.1 Å². The Balaban J connectivity index is 2.52. The Kier molecular flexibility index (Phi) is 3.10. The molecule has 1 aromatic carbocycles. The third kappa shape index (κ3) is 2.22. The molecule has 0 aliphatic carbocycles. The maximum Gasteiger partial charge on any atom is 0.178 e. The maximum absolute atomic E-state index is 9.16. The molecule has 0 amide bonds. The summed E-state index contributed by atoms with van der Waals surface area (Å²) in [5.74, 6) is 0. The van der Waals surface area contributed by atoms with Crippen LogP contribution in [-0.4, -0.2) is 10.7 Å². The molecule has 0 atom stereocenters. The normalized spacial score (nSPS) is 17.8. The first-order chi connectivity index (χ1) is 8.44. The zero-order valence-electron chi connectivity index (χ0n) is 10.7. The highest BCUT2D eigenvalue weighted by molar-refractivity contribution is 7.80. The minimum Gasteiger partial charge on any atom is -0.354 e. The van der Waals surface area contributed by atoms with Crippen molar-refractivity contribution in [2.75, 3.05) is 4.90 Å². The van der Waals surface area contributed by atoms with Gasteiger partial charge in [0.15, 0.2) is 5.11 Å². The van der Waals surface area contributed by atoms with Gasteiger partial charge in [-0.05, 0) is 51.2 Å². The van der Waals surface area contributed by atoms with Crippen molar-refractivity contribution in [3.63, 3.8) is 0 Å². The summed E-state index contributed by atoms with van der Waals surface area (Å²) in [6, 6.07) is 9.66. The molecule has 1 aromatic rings.